The van der Waals surface area contributed by atoms with Crippen molar-refractivity contribution >= 4 is 87.2 Å². The van der Waals surface area contributed by atoms with Crippen molar-refractivity contribution in [3.63, 3.8) is 0 Å². The maximum Gasteiger partial charge on any atom is 0.165 e. The molecule has 0 spiro atoms. The largest absolute Gasteiger partial charge is 0.324 e. The van der Waals surface area contributed by atoms with E-state index in [1.807, 2.05) is 0 Å². The summed E-state index contributed by atoms with van der Waals surface area (Å²) in [6.07, 6.45) is 0. The van der Waals surface area contributed by atoms with E-state index in [4.69, 9.17) is 29.9 Å². The van der Waals surface area contributed by atoms with Gasteiger partial charge in [-0.2, -0.15) is 0 Å². The quantitative estimate of drug-likeness (QED) is 0.162. The fraction of sp³-hybridized carbons (Fsp3) is 0. The summed E-state index contributed by atoms with van der Waals surface area (Å²) in [5.74, 6) is 2.33. The number of benzene rings is 8. The number of hydrogen-bond donors (Lipinski definition) is 2. The number of hydrogen-bond acceptors (Lipinski definition) is 6. The Morgan fingerprint density at radius 3 is 1.11 bits per heavy atom. The Bertz CT molecular complexity index is 3730. The summed E-state index contributed by atoms with van der Waals surface area (Å²) in [6, 6.07) is 50.5. The van der Waals surface area contributed by atoms with Crippen molar-refractivity contribution in [3.05, 3.63) is 146 Å². The molecule has 8 aromatic carbocycles. The summed E-state index contributed by atoms with van der Waals surface area (Å²) in [7, 11) is 0. The Balaban J connectivity index is 1.28. The van der Waals surface area contributed by atoms with E-state index in [-0.39, 0.29) is 0 Å². The van der Waals surface area contributed by atoms with Gasteiger partial charge in [0.1, 0.15) is 22.6 Å². The molecule has 0 unspecified atom stereocenters. The predicted octanol–water partition coefficient (Wildman–Crippen LogP) is 11.5. The van der Waals surface area contributed by atoms with Gasteiger partial charge < -0.3 is 9.97 Å². The van der Waals surface area contributed by atoms with Crippen molar-refractivity contribution < 1.29 is 0 Å². The van der Waals surface area contributed by atoms with E-state index < -0.39 is 0 Å². The van der Waals surface area contributed by atoms with Crippen molar-refractivity contribution in [3.8, 4) is 45.6 Å². The van der Waals surface area contributed by atoms with Crippen molar-refractivity contribution in [2.45, 2.75) is 0 Å². The average molecular weight is 715 g/mol. The van der Waals surface area contributed by atoms with E-state index in [2.05, 4.69) is 156 Å². The Morgan fingerprint density at radius 1 is 0.268 bits per heavy atom. The monoisotopic (exact) mass is 714 g/mol. The van der Waals surface area contributed by atoms with Crippen molar-refractivity contribution in [2.24, 2.45) is 0 Å². The molecule has 8 nitrogen and oxygen atoms in total. The van der Waals surface area contributed by atoms with E-state index in [1.165, 1.54) is 0 Å². The summed E-state index contributed by atoms with van der Waals surface area (Å²) >= 11 is 0. The minimum absolute atomic E-state index is 0.579. The maximum atomic E-state index is 5.41. The van der Waals surface area contributed by atoms with Crippen LogP contribution in [0.2, 0.25) is 0 Å². The molecule has 0 fully saturated rings. The van der Waals surface area contributed by atoms with Gasteiger partial charge in [-0.1, -0.05) is 121 Å². The third-order valence-electron chi connectivity index (χ3n) is 11.4. The van der Waals surface area contributed by atoms with Crippen LogP contribution in [-0.2, 0) is 0 Å². The Kier molecular flexibility index (Phi) is 5.74. The van der Waals surface area contributed by atoms with Crippen molar-refractivity contribution in [1.29, 1.82) is 0 Å². The van der Waals surface area contributed by atoms with E-state index in [1.54, 1.807) is 0 Å². The highest BCUT2D eigenvalue weighted by Gasteiger charge is 2.25. The minimum atomic E-state index is 0.579. The number of fused-ring (bicyclic) bond motifs is 28. The molecule has 2 aliphatic rings. The number of aromatic amines is 2. The molecule has 8 heteroatoms. The zero-order valence-electron chi connectivity index (χ0n) is 29.5. The van der Waals surface area contributed by atoms with E-state index >= 15 is 0 Å². The van der Waals surface area contributed by atoms with Crippen LogP contribution in [-0.4, -0.2) is 39.9 Å². The van der Waals surface area contributed by atoms with Gasteiger partial charge in [0.2, 0.25) is 0 Å². The van der Waals surface area contributed by atoms with Crippen LogP contribution in [0.3, 0.4) is 0 Å². The van der Waals surface area contributed by atoms with E-state index in [0.29, 0.717) is 45.9 Å². The lowest BCUT2D eigenvalue weighted by molar-refractivity contribution is 1.19. The Morgan fingerprint density at radius 2 is 0.625 bits per heavy atom. The van der Waals surface area contributed by atoms with Gasteiger partial charge in [0.25, 0.3) is 0 Å². The van der Waals surface area contributed by atoms with Gasteiger partial charge >= 0.3 is 0 Å². The van der Waals surface area contributed by atoms with Crippen LogP contribution < -0.4 is 0 Å². The molecule has 56 heavy (non-hydrogen) atoms. The number of nitrogens with one attached hydrogen (secondary N) is 2. The predicted molar refractivity (Wildman–Crippen MR) is 226 cm³/mol. The molecule has 2 aliphatic heterocycles. The number of rotatable bonds is 0. The fourth-order valence-corrected chi connectivity index (χ4v) is 8.86. The summed E-state index contributed by atoms with van der Waals surface area (Å²) in [5.41, 5.74) is 6.40. The minimum Gasteiger partial charge on any atom is -0.324 e. The Hall–Kier alpha value is -7.84. The lowest BCUT2D eigenvalue weighted by Crippen LogP contribution is -1.85. The lowest BCUT2D eigenvalue weighted by atomic mass is 9.99. The molecule has 0 saturated carbocycles. The molecular weight excluding hydrogens is 689 g/mol. The van der Waals surface area contributed by atoms with Gasteiger partial charge in [0.15, 0.2) is 23.3 Å². The van der Waals surface area contributed by atoms with Crippen LogP contribution in [0.4, 0.5) is 0 Å². The zero-order chi connectivity index (χ0) is 36.5. The molecule has 11 aromatic rings. The Labute approximate surface area is 317 Å². The van der Waals surface area contributed by atoms with Gasteiger partial charge in [-0.25, -0.2) is 29.9 Å². The normalized spacial score (nSPS) is 12.3. The number of aromatic nitrogens is 8. The molecule has 0 atom stereocenters. The average Bonchev–Trinajstić information content (AvgIpc) is 3.99. The van der Waals surface area contributed by atoms with Gasteiger partial charge in [-0.05, 0) is 67.4 Å². The van der Waals surface area contributed by atoms with Crippen LogP contribution in [0, 0.1) is 0 Å². The maximum absolute atomic E-state index is 5.41. The highest BCUT2D eigenvalue weighted by molar-refractivity contribution is 6.20. The smallest absolute Gasteiger partial charge is 0.165 e. The second-order valence-corrected chi connectivity index (χ2v) is 14.4. The van der Waals surface area contributed by atoms with Gasteiger partial charge in [-0.15, -0.1) is 0 Å². The first kappa shape index (κ1) is 29.6. The summed E-state index contributed by atoms with van der Waals surface area (Å²) in [4.78, 5) is 39.2. The van der Waals surface area contributed by atoms with Crippen LogP contribution >= 0.6 is 0 Å². The topological polar surface area (TPSA) is 109 Å². The molecule has 0 saturated heterocycles. The van der Waals surface area contributed by atoms with Crippen LogP contribution in [0.15, 0.2) is 146 Å². The second-order valence-electron chi connectivity index (χ2n) is 14.4. The van der Waals surface area contributed by atoms with Gasteiger partial charge in [0.05, 0.1) is 0 Å². The fourth-order valence-electron chi connectivity index (χ4n) is 8.86. The first-order chi connectivity index (χ1) is 27.7. The zero-order valence-corrected chi connectivity index (χ0v) is 29.5. The lowest BCUT2D eigenvalue weighted by Gasteiger charge is -2.04. The van der Waals surface area contributed by atoms with Crippen LogP contribution in [0.5, 0.6) is 0 Å². The standard InChI is InChI=1S/C48H26N8/c1-5-13-29-25(9-1)17-21-33-37(29)45-50-41(33)49-42-34-22-18-27-11-3-7-15-31(27)39(34)47(51-42)56-48-40-32-16-8-4-12-28(32)20-24-36(40)44(55-48)54-46-38-30-14-6-2-10-26(30)19-23-35(38)43(52-45)53-46/h1-24H,(H2,49,50,51,52,53,54,55,56). The van der Waals surface area contributed by atoms with Gasteiger partial charge in [0, 0.05) is 43.8 Å². The number of H-pyrrole nitrogens is 2. The highest BCUT2D eigenvalue weighted by atomic mass is 15.1. The first-order valence-electron chi connectivity index (χ1n) is 18.6. The molecule has 0 aliphatic carbocycles. The molecule has 2 N–H and O–H groups in total. The van der Waals surface area contributed by atoms with Crippen LogP contribution in [0.25, 0.3) is 133 Å². The molecular formula is C48H26N8. The third-order valence-corrected chi connectivity index (χ3v) is 11.4. The summed E-state index contributed by atoms with van der Waals surface area (Å²) < 4.78 is 0. The molecule has 258 valence electrons. The third kappa shape index (κ3) is 4.07. The van der Waals surface area contributed by atoms with Crippen molar-refractivity contribution in [1.82, 2.24) is 39.9 Å². The molecule has 13 rings (SSSR count). The molecule has 3 aromatic heterocycles. The summed E-state index contributed by atoms with van der Waals surface area (Å²) in [5, 5.41) is 12.5. The van der Waals surface area contributed by atoms with Crippen molar-refractivity contribution in [2.75, 3.05) is 0 Å². The van der Waals surface area contributed by atoms with Crippen LogP contribution in [0.1, 0.15) is 0 Å². The van der Waals surface area contributed by atoms with E-state index in [0.717, 1.165) is 86.9 Å². The SMILES string of the molecule is c1ccc2c3c(ccc2c1)-c1nc-3nc2[nH]c(nc3nc(nc4[nH]c(n1)c1c5ccccc5ccc41)-c1ccc4ccccc4c1-3)c1c3ccccc3ccc21. The summed E-state index contributed by atoms with van der Waals surface area (Å²) in [6.45, 7) is 0. The molecule has 0 amide bonds. The molecule has 5 heterocycles. The molecule has 0 radical (unpaired) electrons. The molecule has 8 bridgehead atoms. The van der Waals surface area contributed by atoms with E-state index in [9.17, 15) is 0 Å². The van der Waals surface area contributed by atoms with Gasteiger partial charge in [-0.3, -0.25) is 0 Å². The second kappa shape index (κ2) is 10.9. The number of nitrogens with zero attached hydrogens (tertiary/aromatic N) is 6. The first-order valence-corrected chi connectivity index (χ1v) is 18.6. The highest BCUT2D eigenvalue weighted by Crippen LogP contribution is 2.43.